The monoisotopic (exact) mass is 373 g/mol. The smallest absolute Gasteiger partial charge is 0.310 e. The molecule has 1 saturated heterocycles. The second-order valence-electron chi connectivity index (χ2n) is 7.17. The molecule has 2 N–H and O–H groups in total. The summed E-state index contributed by atoms with van der Waals surface area (Å²) in [5, 5.41) is 2.41. The van der Waals surface area contributed by atoms with E-state index < -0.39 is 5.60 Å². The summed E-state index contributed by atoms with van der Waals surface area (Å²) in [6, 6.07) is 8.93. The van der Waals surface area contributed by atoms with E-state index in [9.17, 15) is 9.59 Å². The number of rotatable bonds is 6. The molecule has 138 valence electrons. The van der Waals surface area contributed by atoms with Crippen LogP contribution in [0.3, 0.4) is 0 Å². The zero-order valence-corrected chi connectivity index (χ0v) is 15.9. The van der Waals surface area contributed by atoms with Crippen molar-refractivity contribution in [2.75, 3.05) is 5.43 Å². The molecule has 0 spiro atoms. The number of anilines is 1. The van der Waals surface area contributed by atoms with E-state index in [0.29, 0.717) is 28.7 Å². The van der Waals surface area contributed by atoms with E-state index in [0.717, 1.165) is 6.42 Å². The lowest BCUT2D eigenvalue weighted by atomic mass is 9.88. The van der Waals surface area contributed by atoms with Crippen LogP contribution in [0.1, 0.15) is 49.7 Å². The summed E-state index contributed by atoms with van der Waals surface area (Å²) in [5.41, 5.74) is 6.01. The van der Waals surface area contributed by atoms with Gasteiger partial charge in [-0.1, -0.05) is 32.0 Å². The molecule has 2 atom stereocenters. The molecule has 1 fully saturated rings. The summed E-state index contributed by atoms with van der Waals surface area (Å²) >= 11 is 1.36. The Balaban J connectivity index is 1.63. The Kier molecular flexibility index (Phi) is 5.27. The highest BCUT2D eigenvalue weighted by Gasteiger charge is 2.46. The van der Waals surface area contributed by atoms with E-state index in [1.54, 1.807) is 24.3 Å². The second-order valence-corrected chi connectivity index (χ2v) is 8.02. The molecule has 0 unspecified atom stereocenters. The lowest BCUT2D eigenvalue weighted by Gasteiger charge is -2.20. The standard InChI is InChI=1S/C19H23N3O3S/c1-12(2)9-14-10-19(3,25-17(14)24)15-11-26-18(20-15)22-21-16(23)13-7-5-4-6-8-13/h4-8,11-12,14H,9-10H2,1-3H3,(H,20,22)(H,21,23)/t14-,19-/m0/s1. The van der Waals surface area contributed by atoms with Crippen molar-refractivity contribution >= 4 is 28.3 Å². The van der Waals surface area contributed by atoms with Crippen LogP contribution >= 0.6 is 11.3 Å². The number of carbonyl (C=O) groups excluding carboxylic acids is 2. The van der Waals surface area contributed by atoms with Crippen LogP contribution in [0.25, 0.3) is 0 Å². The number of nitrogens with one attached hydrogen (secondary N) is 2. The fourth-order valence-corrected chi connectivity index (χ4v) is 3.94. The number of ether oxygens (including phenoxy) is 1. The van der Waals surface area contributed by atoms with Gasteiger partial charge in [0.25, 0.3) is 5.91 Å². The average molecular weight is 373 g/mol. The van der Waals surface area contributed by atoms with Gasteiger partial charge in [-0.25, -0.2) is 4.98 Å². The number of hydrazine groups is 1. The van der Waals surface area contributed by atoms with Gasteiger partial charge in [0, 0.05) is 17.4 Å². The predicted octanol–water partition coefficient (Wildman–Crippen LogP) is 3.72. The van der Waals surface area contributed by atoms with E-state index in [4.69, 9.17) is 4.74 Å². The summed E-state index contributed by atoms with van der Waals surface area (Å²) < 4.78 is 5.65. The fraction of sp³-hybridized carbons (Fsp3) is 0.421. The van der Waals surface area contributed by atoms with Crippen molar-refractivity contribution in [3.63, 3.8) is 0 Å². The first-order valence-corrected chi connectivity index (χ1v) is 9.55. The van der Waals surface area contributed by atoms with E-state index in [1.807, 2.05) is 18.4 Å². The van der Waals surface area contributed by atoms with Crippen molar-refractivity contribution in [2.45, 2.75) is 39.2 Å². The Morgan fingerprint density at radius 2 is 2.12 bits per heavy atom. The number of esters is 1. The number of cyclic esters (lactones) is 1. The van der Waals surface area contributed by atoms with E-state index >= 15 is 0 Å². The highest BCUT2D eigenvalue weighted by molar-refractivity contribution is 7.13. The molecular formula is C19H23N3O3S. The third kappa shape index (κ3) is 4.04. The average Bonchev–Trinajstić information content (AvgIpc) is 3.19. The van der Waals surface area contributed by atoms with E-state index in [1.165, 1.54) is 11.3 Å². The van der Waals surface area contributed by atoms with Crippen LogP contribution in [0.5, 0.6) is 0 Å². The number of carbonyl (C=O) groups is 2. The number of hydrogen-bond acceptors (Lipinski definition) is 6. The topological polar surface area (TPSA) is 80.3 Å². The number of thiazole rings is 1. The fourth-order valence-electron chi connectivity index (χ4n) is 3.15. The maximum Gasteiger partial charge on any atom is 0.310 e. The van der Waals surface area contributed by atoms with Crippen molar-refractivity contribution in [2.24, 2.45) is 11.8 Å². The van der Waals surface area contributed by atoms with Gasteiger partial charge in [-0.05, 0) is 31.4 Å². The van der Waals surface area contributed by atoms with Gasteiger partial charge in [0.2, 0.25) is 5.13 Å². The maximum absolute atomic E-state index is 12.2. The molecule has 2 heterocycles. The molecule has 1 aliphatic rings. The number of nitrogens with zero attached hydrogens (tertiary/aromatic N) is 1. The number of hydrogen-bond donors (Lipinski definition) is 2. The Morgan fingerprint density at radius 3 is 2.81 bits per heavy atom. The van der Waals surface area contributed by atoms with Gasteiger partial charge < -0.3 is 4.74 Å². The number of aromatic nitrogens is 1. The normalized spacial score (nSPS) is 22.3. The van der Waals surface area contributed by atoms with Gasteiger partial charge in [0.1, 0.15) is 0 Å². The minimum absolute atomic E-state index is 0.0871. The molecule has 2 aromatic rings. The molecule has 1 amide bonds. The number of amides is 1. The highest BCUT2D eigenvalue weighted by atomic mass is 32.1. The zero-order valence-electron chi connectivity index (χ0n) is 15.1. The van der Waals surface area contributed by atoms with Crippen molar-refractivity contribution < 1.29 is 14.3 Å². The van der Waals surface area contributed by atoms with Gasteiger partial charge >= 0.3 is 5.97 Å². The molecule has 6 nitrogen and oxygen atoms in total. The summed E-state index contributed by atoms with van der Waals surface area (Å²) in [6.45, 7) is 6.10. The molecule has 26 heavy (non-hydrogen) atoms. The van der Waals surface area contributed by atoms with Crippen LogP contribution in [0.2, 0.25) is 0 Å². The molecule has 0 radical (unpaired) electrons. The van der Waals surface area contributed by atoms with Crippen molar-refractivity contribution in [1.29, 1.82) is 0 Å². The Morgan fingerprint density at radius 1 is 1.38 bits per heavy atom. The van der Waals surface area contributed by atoms with Crippen molar-refractivity contribution in [3.8, 4) is 0 Å². The first kappa shape index (κ1) is 18.4. The Labute approximate surface area is 156 Å². The third-order valence-corrected chi connectivity index (χ3v) is 5.17. The van der Waals surface area contributed by atoms with Crippen LogP contribution in [-0.4, -0.2) is 16.9 Å². The maximum atomic E-state index is 12.2. The Bertz CT molecular complexity index is 790. The van der Waals surface area contributed by atoms with Gasteiger partial charge in [-0.3, -0.25) is 20.4 Å². The molecule has 3 rings (SSSR count). The lowest BCUT2D eigenvalue weighted by molar-refractivity contribution is -0.150. The predicted molar refractivity (Wildman–Crippen MR) is 101 cm³/mol. The molecule has 0 aliphatic carbocycles. The lowest BCUT2D eigenvalue weighted by Crippen LogP contribution is -2.29. The number of benzene rings is 1. The summed E-state index contributed by atoms with van der Waals surface area (Å²) in [5.74, 6) is -0.0365. The van der Waals surface area contributed by atoms with Crippen LogP contribution in [0.4, 0.5) is 5.13 Å². The van der Waals surface area contributed by atoms with E-state index in [-0.39, 0.29) is 17.8 Å². The van der Waals surface area contributed by atoms with Gasteiger partial charge in [0.15, 0.2) is 5.60 Å². The van der Waals surface area contributed by atoms with E-state index in [2.05, 4.69) is 29.7 Å². The van der Waals surface area contributed by atoms with Crippen LogP contribution in [0.15, 0.2) is 35.7 Å². The molecule has 7 heteroatoms. The van der Waals surface area contributed by atoms with Gasteiger partial charge in [-0.15, -0.1) is 11.3 Å². The van der Waals surface area contributed by atoms with Crippen LogP contribution in [-0.2, 0) is 15.1 Å². The Hall–Kier alpha value is -2.41. The van der Waals surface area contributed by atoms with Crippen LogP contribution in [0, 0.1) is 11.8 Å². The van der Waals surface area contributed by atoms with Crippen molar-refractivity contribution in [3.05, 3.63) is 47.0 Å². The molecule has 1 aromatic carbocycles. The molecule has 1 aromatic heterocycles. The summed E-state index contributed by atoms with van der Waals surface area (Å²) in [6.07, 6.45) is 1.44. The summed E-state index contributed by atoms with van der Waals surface area (Å²) in [7, 11) is 0. The molecule has 0 bridgehead atoms. The van der Waals surface area contributed by atoms with Crippen LogP contribution < -0.4 is 10.9 Å². The third-order valence-electron chi connectivity index (χ3n) is 4.42. The minimum Gasteiger partial charge on any atom is -0.453 e. The largest absolute Gasteiger partial charge is 0.453 e. The SMILES string of the molecule is CC(C)C[C@H]1C[C@@](C)(c2csc(NNC(=O)c3ccccc3)n2)OC1=O. The first-order chi connectivity index (χ1) is 12.4. The molecular weight excluding hydrogens is 350 g/mol. The zero-order chi connectivity index (χ0) is 18.7. The first-order valence-electron chi connectivity index (χ1n) is 8.67. The van der Waals surface area contributed by atoms with Crippen molar-refractivity contribution in [1.82, 2.24) is 10.4 Å². The quantitative estimate of drug-likeness (QED) is 0.596. The minimum atomic E-state index is -0.712. The van der Waals surface area contributed by atoms with Gasteiger partial charge in [-0.2, -0.15) is 0 Å². The highest BCUT2D eigenvalue weighted by Crippen LogP contribution is 2.42. The van der Waals surface area contributed by atoms with Gasteiger partial charge in [0.05, 0.1) is 11.6 Å². The molecule has 0 saturated carbocycles. The molecule has 1 aliphatic heterocycles. The second kappa shape index (κ2) is 7.45. The summed E-state index contributed by atoms with van der Waals surface area (Å²) in [4.78, 5) is 28.7.